The van der Waals surface area contributed by atoms with Gasteiger partial charge in [-0.05, 0) is 54.7 Å². The summed E-state index contributed by atoms with van der Waals surface area (Å²) in [5.74, 6) is -0.160. The lowest BCUT2D eigenvalue weighted by atomic mass is 9.88. The number of amides is 2. The number of likely N-dealkylation sites (tertiary alicyclic amines) is 1. The van der Waals surface area contributed by atoms with Crippen molar-refractivity contribution in [3.05, 3.63) is 44.5 Å². The van der Waals surface area contributed by atoms with E-state index in [2.05, 4.69) is 11.4 Å². The van der Waals surface area contributed by atoms with E-state index < -0.39 is 18.3 Å². The summed E-state index contributed by atoms with van der Waals surface area (Å²) >= 11 is 2.95. The number of β-amino-alcohol motifs (C(OH)–C–C–N with tert-alkyl or cyclic N) is 1. The summed E-state index contributed by atoms with van der Waals surface area (Å²) in [5.41, 5.74) is 1.49. The van der Waals surface area contributed by atoms with Crippen LogP contribution in [0.1, 0.15) is 33.7 Å². The van der Waals surface area contributed by atoms with Gasteiger partial charge < -0.3 is 25.2 Å². The number of fused-ring (bicyclic) bond motifs is 1. The SMILES string of the molecule is N#Cc1c(NC(=O)/C=C/c2cccs2)sc2c1CCC(COC(=O)N1CCC(O)C(O)C1)C2. The van der Waals surface area contributed by atoms with Gasteiger partial charge in [0.15, 0.2) is 0 Å². The van der Waals surface area contributed by atoms with Crippen LogP contribution in [-0.4, -0.2) is 59.0 Å². The summed E-state index contributed by atoms with van der Waals surface area (Å²) in [5, 5.41) is 34.3. The van der Waals surface area contributed by atoms with E-state index in [1.807, 2.05) is 17.5 Å². The lowest BCUT2D eigenvalue weighted by molar-refractivity contribution is -0.111. The van der Waals surface area contributed by atoms with Crippen molar-refractivity contribution in [2.45, 2.75) is 37.9 Å². The molecular weight excluding hydrogens is 462 g/mol. The number of carbonyl (C=O) groups excluding carboxylic acids is 2. The van der Waals surface area contributed by atoms with Crippen molar-refractivity contribution < 1.29 is 24.5 Å². The number of piperidine rings is 1. The molecule has 0 spiro atoms. The molecule has 1 aliphatic heterocycles. The fourth-order valence-electron chi connectivity index (χ4n) is 4.07. The summed E-state index contributed by atoms with van der Waals surface area (Å²) in [6, 6.07) is 6.07. The van der Waals surface area contributed by atoms with Crippen LogP contribution in [-0.2, 0) is 22.4 Å². The molecule has 10 heteroatoms. The van der Waals surface area contributed by atoms with Gasteiger partial charge in [0, 0.05) is 22.4 Å². The van der Waals surface area contributed by atoms with Gasteiger partial charge in [0.05, 0.1) is 30.9 Å². The fraction of sp³-hybridized carbons (Fsp3) is 0.435. The molecule has 1 aliphatic carbocycles. The average Bonchev–Trinajstić information content (AvgIpc) is 3.44. The zero-order valence-corrected chi connectivity index (χ0v) is 19.5. The van der Waals surface area contributed by atoms with Crippen LogP contribution in [0.15, 0.2) is 23.6 Å². The Balaban J connectivity index is 1.34. The minimum absolute atomic E-state index is 0.0647. The molecule has 0 radical (unpaired) electrons. The van der Waals surface area contributed by atoms with E-state index in [1.165, 1.54) is 33.6 Å². The Bertz CT molecular complexity index is 1070. The Morgan fingerprint density at radius 3 is 2.91 bits per heavy atom. The third-order valence-electron chi connectivity index (χ3n) is 5.91. The van der Waals surface area contributed by atoms with Gasteiger partial charge in [0.2, 0.25) is 5.91 Å². The van der Waals surface area contributed by atoms with E-state index >= 15 is 0 Å². The molecule has 33 heavy (non-hydrogen) atoms. The normalized spacial score (nSPS) is 22.6. The second-order valence-electron chi connectivity index (χ2n) is 8.21. The summed E-state index contributed by atoms with van der Waals surface area (Å²) in [6.07, 6.45) is 3.42. The van der Waals surface area contributed by atoms with Crippen molar-refractivity contribution in [1.82, 2.24) is 4.90 Å². The van der Waals surface area contributed by atoms with Crippen molar-refractivity contribution >= 4 is 45.8 Å². The van der Waals surface area contributed by atoms with E-state index in [4.69, 9.17) is 4.74 Å². The monoisotopic (exact) mass is 487 g/mol. The summed E-state index contributed by atoms with van der Waals surface area (Å²) < 4.78 is 5.47. The highest BCUT2D eigenvalue weighted by Crippen LogP contribution is 2.39. The Kier molecular flexibility index (Phi) is 7.45. The van der Waals surface area contributed by atoms with E-state index in [-0.39, 0.29) is 25.0 Å². The van der Waals surface area contributed by atoms with Crippen LogP contribution in [0.5, 0.6) is 0 Å². The molecule has 2 aliphatic rings. The molecule has 174 valence electrons. The largest absolute Gasteiger partial charge is 0.449 e. The highest BCUT2D eigenvalue weighted by molar-refractivity contribution is 7.16. The number of nitrogens with zero attached hydrogens (tertiary/aromatic N) is 2. The molecule has 3 unspecified atom stereocenters. The molecule has 3 atom stereocenters. The third-order valence-corrected chi connectivity index (χ3v) is 7.91. The van der Waals surface area contributed by atoms with Gasteiger partial charge >= 0.3 is 6.09 Å². The molecule has 0 aromatic carbocycles. The Morgan fingerprint density at radius 2 is 2.18 bits per heavy atom. The first kappa shape index (κ1) is 23.4. The number of aliphatic hydroxyl groups is 2. The van der Waals surface area contributed by atoms with Gasteiger partial charge in [-0.3, -0.25) is 4.79 Å². The third kappa shape index (κ3) is 5.62. The van der Waals surface area contributed by atoms with Crippen LogP contribution < -0.4 is 5.32 Å². The van der Waals surface area contributed by atoms with Crippen LogP contribution in [0.25, 0.3) is 6.08 Å². The molecule has 4 rings (SSSR count). The number of nitrogens with one attached hydrogen (secondary N) is 1. The Hall–Kier alpha value is -2.71. The molecule has 8 nitrogen and oxygen atoms in total. The summed E-state index contributed by atoms with van der Waals surface area (Å²) in [6.45, 7) is 0.667. The minimum atomic E-state index is -0.951. The number of hydrogen-bond acceptors (Lipinski definition) is 8. The number of carbonyl (C=O) groups is 2. The Labute approximate surface area is 199 Å². The van der Waals surface area contributed by atoms with Crippen LogP contribution in [0.4, 0.5) is 9.80 Å². The van der Waals surface area contributed by atoms with Crippen LogP contribution in [0.2, 0.25) is 0 Å². The lowest BCUT2D eigenvalue weighted by Crippen LogP contribution is -2.49. The standard InChI is InChI=1S/C23H25N3O5S2/c24-11-17-16-5-3-14(13-31-23(30)26-8-7-18(27)19(28)12-26)10-20(16)33-22(17)25-21(29)6-4-15-2-1-9-32-15/h1-2,4,6,9,14,18-19,27-28H,3,5,7-8,10,12-13H2,(H,25,29)/b6-4+. The molecule has 2 amide bonds. The number of anilines is 1. The topological polar surface area (TPSA) is 123 Å². The molecule has 0 saturated carbocycles. The lowest BCUT2D eigenvalue weighted by Gasteiger charge is -2.33. The molecule has 0 bridgehead atoms. The summed E-state index contributed by atoms with van der Waals surface area (Å²) in [7, 11) is 0. The Morgan fingerprint density at radius 1 is 1.33 bits per heavy atom. The molecule has 2 aromatic heterocycles. The molecule has 3 N–H and O–H groups in total. The van der Waals surface area contributed by atoms with Crippen molar-refractivity contribution in [3.63, 3.8) is 0 Å². The predicted molar refractivity (Wildman–Crippen MR) is 126 cm³/mol. The molecule has 1 fully saturated rings. The predicted octanol–water partition coefficient (Wildman–Crippen LogP) is 3.00. The minimum Gasteiger partial charge on any atom is -0.449 e. The van der Waals surface area contributed by atoms with Gasteiger partial charge in [-0.2, -0.15) is 5.26 Å². The zero-order valence-electron chi connectivity index (χ0n) is 17.9. The van der Waals surface area contributed by atoms with Crippen molar-refractivity contribution in [1.29, 1.82) is 5.26 Å². The van der Waals surface area contributed by atoms with Gasteiger partial charge in [-0.1, -0.05) is 6.07 Å². The molecule has 2 aromatic rings. The highest BCUT2D eigenvalue weighted by atomic mass is 32.1. The quantitative estimate of drug-likeness (QED) is 0.557. The number of aliphatic hydroxyl groups excluding tert-OH is 2. The maximum atomic E-state index is 12.3. The zero-order chi connectivity index (χ0) is 23.4. The number of hydrogen-bond donors (Lipinski definition) is 3. The van der Waals surface area contributed by atoms with E-state index in [0.29, 0.717) is 36.4 Å². The molecule has 3 heterocycles. The van der Waals surface area contributed by atoms with E-state index in [0.717, 1.165) is 21.7 Å². The van der Waals surface area contributed by atoms with Crippen LogP contribution in [0, 0.1) is 17.2 Å². The van der Waals surface area contributed by atoms with Gasteiger partial charge in [-0.15, -0.1) is 22.7 Å². The van der Waals surface area contributed by atoms with Gasteiger partial charge in [0.1, 0.15) is 11.1 Å². The average molecular weight is 488 g/mol. The fourth-order valence-corrected chi connectivity index (χ4v) is 6.00. The first-order valence-electron chi connectivity index (χ1n) is 10.8. The first-order valence-corrected chi connectivity index (χ1v) is 12.5. The van der Waals surface area contributed by atoms with Crippen molar-refractivity contribution in [2.24, 2.45) is 5.92 Å². The van der Waals surface area contributed by atoms with E-state index in [1.54, 1.807) is 6.08 Å². The first-order chi connectivity index (χ1) is 15.9. The second-order valence-corrected chi connectivity index (χ2v) is 10.3. The summed E-state index contributed by atoms with van der Waals surface area (Å²) in [4.78, 5) is 28.1. The second kappa shape index (κ2) is 10.5. The van der Waals surface area contributed by atoms with Gasteiger partial charge in [0.25, 0.3) is 0 Å². The van der Waals surface area contributed by atoms with Crippen LogP contribution in [0.3, 0.4) is 0 Å². The smallest absolute Gasteiger partial charge is 0.409 e. The highest BCUT2D eigenvalue weighted by Gasteiger charge is 2.31. The van der Waals surface area contributed by atoms with Crippen molar-refractivity contribution in [3.8, 4) is 6.07 Å². The molecule has 1 saturated heterocycles. The number of thiophene rings is 2. The van der Waals surface area contributed by atoms with E-state index in [9.17, 15) is 25.1 Å². The molecular formula is C23H25N3O5S2. The van der Waals surface area contributed by atoms with Crippen LogP contribution >= 0.6 is 22.7 Å². The van der Waals surface area contributed by atoms with Gasteiger partial charge in [-0.25, -0.2) is 4.79 Å². The van der Waals surface area contributed by atoms with Crippen molar-refractivity contribution in [2.75, 3.05) is 25.0 Å². The maximum absolute atomic E-state index is 12.3. The number of rotatable bonds is 5. The maximum Gasteiger partial charge on any atom is 0.409 e. The number of nitriles is 1. The number of ether oxygens (including phenoxy) is 1.